The van der Waals surface area contributed by atoms with Gasteiger partial charge in [0.1, 0.15) is 6.04 Å². The third-order valence-electron chi connectivity index (χ3n) is 6.23. The van der Waals surface area contributed by atoms with Crippen LogP contribution in [-0.4, -0.2) is 65.7 Å². The number of sulfonamides is 1. The molecule has 13 nitrogen and oxygen atoms in total. The van der Waals surface area contributed by atoms with Gasteiger partial charge in [-0.2, -0.15) is 4.72 Å². The molecule has 0 fully saturated rings. The number of anilines is 1. The van der Waals surface area contributed by atoms with Crippen LogP contribution in [0.25, 0.3) is 0 Å². The molecule has 1 aromatic heterocycles. The van der Waals surface area contributed by atoms with Crippen molar-refractivity contribution in [1.82, 2.24) is 20.0 Å². The van der Waals surface area contributed by atoms with E-state index in [1.54, 1.807) is 26.0 Å². The minimum absolute atomic E-state index is 0.00548. The summed E-state index contributed by atoms with van der Waals surface area (Å²) in [4.78, 5) is 48.8. The molecule has 2 heterocycles. The van der Waals surface area contributed by atoms with Gasteiger partial charge in [0.2, 0.25) is 28.0 Å². The van der Waals surface area contributed by atoms with E-state index in [1.165, 1.54) is 0 Å². The number of amides is 2. The normalized spacial score (nSPS) is 15.8. The van der Waals surface area contributed by atoms with Gasteiger partial charge in [0.15, 0.2) is 0 Å². The Kier molecular flexibility index (Phi) is 9.45. The smallest absolute Gasteiger partial charge is 0.323 e. The van der Waals surface area contributed by atoms with E-state index in [0.29, 0.717) is 35.6 Å². The SMILES string of the molecule is Cc1cc(C)c(S(=O)(=O)NC(CNC(=O)C2CC(CCCC(=O)Nc3nc(C)c(C)[nH]3)=NO2)C(=O)O)c(C)c1. The lowest BCUT2D eigenvalue weighted by Gasteiger charge is -2.19. The number of imidazole rings is 1. The van der Waals surface area contributed by atoms with Crippen molar-refractivity contribution in [3.63, 3.8) is 0 Å². The Hall–Kier alpha value is -3.78. The maximum absolute atomic E-state index is 12.9. The molecule has 2 amide bonds. The van der Waals surface area contributed by atoms with Crippen LogP contribution in [0.4, 0.5) is 5.95 Å². The Morgan fingerprint density at radius 1 is 1.15 bits per heavy atom. The quantitative estimate of drug-likeness (QED) is 0.258. The third-order valence-corrected chi connectivity index (χ3v) is 8.00. The Morgan fingerprint density at radius 3 is 2.41 bits per heavy atom. The highest BCUT2D eigenvalue weighted by Crippen LogP contribution is 2.22. The van der Waals surface area contributed by atoms with Gasteiger partial charge in [-0.3, -0.25) is 19.7 Å². The van der Waals surface area contributed by atoms with Crippen molar-refractivity contribution < 1.29 is 32.7 Å². The lowest BCUT2D eigenvalue weighted by atomic mass is 10.1. The summed E-state index contributed by atoms with van der Waals surface area (Å²) in [6.45, 7) is 8.30. The van der Waals surface area contributed by atoms with E-state index in [1.807, 2.05) is 20.8 Å². The molecular formula is C25H34N6O7S. The van der Waals surface area contributed by atoms with Gasteiger partial charge in [-0.15, -0.1) is 0 Å². The Bertz CT molecular complexity index is 1360. The number of hydrogen-bond donors (Lipinski definition) is 5. The summed E-state index contributed by atoms with van der Waals surface area (Å²) >= 11 is 0. The van der Waals surface area contributed by atoms with E-state index in [4.69, 9.17) is 4.84 Å². The highest BCUT2D eigenvalue weighted by Gasteiger charge is 2.31. The fraction of sp³-hybridized carbons (Fsp3) is 0.480. The van der Waals surface area contributed by atoms with E-state index in [0.717, 1.165) is 17.0 Å². The monoisotopic (exact) mass is 562 g/mol. The molecule has 2 aromatic rings. The summed E-state index contributed by atoms with van der Waals surface area (Å²) in [5.74, 6) is -1.89. The number of carboxylic acid groups (broad SMARTS) is 1. The van der Waals surface area contributed by atoms with Crippen LogP contribution in [0.3, 0.4) is 0 Å². The summed E-state index contributed by atoms with van der Waals surface area (Å²) in [5, 5.41) is 18.6. The molecule has 0 bridgehead atoms. The van der Waals surface area contributed by atoms with Crippen molar-refractivity contribution in [2.24, 2.45) is 5.16 Å². The van der Waals surface area contributed by atoms with E-state index in [-0.39, 0.29) is 23.6 Å². The second-order valence-electron chi connectivity index (χ2n) is 9.64. The first-order valence-corrected chi connectivity index (χ1v) is 13.9. The predicted molar refractivity (Wildman–Crippen MR) is 143 cm³/mol. The maximum Gasteiger partial charge on any atom is 0.323 e. The lowest BCUT2D eigenvalue weighted by molar-refractivity contribution is -0.139. The second kappa shape index (κ2) is 12.4. The average Bonchev–Trinajstić information content (AvgIpc) is 3.41. The number of nitrogens with zero attached hydrogens (tertiary/aromatic N) is 2. The van der Waals surface area contributed by atoms with Crippen molar-refractivity contribution in [1.29, 1.82) is 0 Å². The van der Waals surface area contributed by atoms with Crippen LogP contribution in [0, 0.1) is 34.6 Å². The lowest BCUT2D eigenvalue weighted by Crippen LogP contribution is -2.50. The molecule has 2 unspecified atom stereocenters. The topological polar surface area (TPSA) is 192 Å². The Morgan fingerprint density at radius 2 is 1.82 bits per heavy atom. The number of carbonyl (C=O) groups is 3. The first-order chi connectivity index (χ1) is 18.3. The molecule has 14 heteroatoms. The molecule has 1 aliphatic rings. The van der Waals surface area contributed by atoms with Crippen LogP contribution in [0.5, 0.6) is 0 Å². The van der Waals surface area contributed by atoms with Crippen LogP contribution >= 0.6 is 0 Å². The summed E-state index contributed by atoms with van der Waals surface area (Å²) in [6, 6.07) is 1.80. The molecule has 0 saturated heterocycles. The summed E-state index contributed by atoms with van der Waals surface area (Å²) < 4.78 is 28.1. The van der Waals surface area contributed by atoms with Gasteiger partial charge >= 0.3 is 5.97 Å². The zero-order valence-corrected chi connectivity index (χ0v) is 23.4. The van der Waals surface area contributed by atoms with Crippen LogP contribution in [0.1, 0.15) is 53.8 Å². The fourth-order valence-electron chi connectivity index (χ4n) is 4.30. The van der Waals surface area contributed by atoms with Gasteiger partial charge in [0, 0.05) is 25.1 Å². The van der Waals surface area contributed by atoms with Gasteiger partial charge in [-0.05, 0) is 58.6 Å². The number of aromatic nitrogens is 2. The number of aromatic amines is 1. The zero-order valence-electron chi connectivity index (χ0n) is 22.5. The van der Waals surface area contributed by atoms with Crippen LogP contribution < -0.4 is 15.4 Å². The van der Waals surface area contributed by atoms with Crippen molar-refractivity contribution in [2.45, 2.75) is 77.3 Å². The highest BCUT2D eigenvalue weighted by molar-refractivity contribution is 7.89. The molecule has 5 N–H and O–H groups in total. The van der Waals surface area contributed by atoms with Gasteiger partial charge in [-0.1, -0.05) is 22.9 Å². The van der Waals surface area contributed by atoms with E-state index in [2.05, 4.69) is 30.5 Å². The van der Waals surface area contributed by atoms with E-state index >= 15 is 0 Å². The molecule has 3 rings (SSSR count). The number of hydrogen-bond acceptors (Lipinski definition) is 8. The maximum atomic E-state index is 12.9. The second-order valence-corrected chi connectivity index (χ2v) is 11.3. The van der Waals surface area contributed by atoms with Gasteiger partial charge in [-0.25, -0.2) is 13.4 Å². The van der Waals surface area contributed by atoms with Crippen LogP contribution in [0.2, 0.25) is 0 Å². The standard InChI is InChI=1S/C25H34N6O7S/c1-13-9-14(2)22(15(3)10-13)39(36,37)31-19(24(34)35)12-26-23(33)20-11-18(30-38-20)7-6-8-21(32)29-25-27-16(4)17(5)28-25/h9-10,19-20,31H,6-8,11-12H2,1-5H3,(H,26,33)(H,34,35)(H2,27,28,29,32). The number of oxime groups is 1. The van der Waals surface area contributed by atoms with Crippen molar-refractivity contribution in [3.8, 4) is 0 Å². The number of carbonyl (C=O) groups excluding carboxylic acids is 2. The predicted octanol–water partition coefficient (Wildman–Crippen LogP) is 1.75. The minimum atomic E-state index is -4.17. The van der Waals surface area contributed by atoms with E-state index < -0.39 is 40.6 Å². The number of benzene rings is 1. The summed E-state index contributed by atoms with van der Waals surface area (Å²) in [6.07, 6.45) is 0.322. The molecule has 1 aromatic carbocycles. The van der Waals surface area contributed by atoms with Crippen molar-refractivity contribution >= 4 is 39.5 Å². The molecule has 212 valence electrons. The van der Waals surface area contributed by atoms with Crippen LogP contribution in [-0.2, 0) is 29.2 Å². The number of carboxylic acids is 1. The largest absolute Gasteiger partial charge is 0.480 e. The first-order valence-electron chi connectivity index (χ1n) is 12.4. The number of aliphatic carboxylic acids is 1. The number of rotatable bonds is 12. The van der Waals surface area contributed by atoms with Crippen molar-refractivity contribution in [3.05, 3.63) is 40.2 Å². The molecule has 2 atom stereocenters. The number of nitrogens with one attached hydrogen (secondary N) is 4. The first kappa shape index (κ1) is 29.8. The third kappa shape index (κ3) is 7.86. The zero-order chi connectivity index (χ0) is 28.9. The highest BCUT2D eigenvalue weighted by atomic mass is 32.2. The summed E-state index contributed by atoms with van der Waals surface area (Å²) in [5.41, 5.74) is 4.12. The molecule has 1 aliphatic heterocycles. The van der Waals surface area contributed by atoms with Gasteiger partial charge in [0.05, 0.1) is 16.3 Å². The van der Waals surface area contributed by atoms with E-state index in [9.17, 15) is 27.9 Å². The van der Waals surface area contributed by atoms with Crippen LogP contribution in [0.15, 0.2) is 22.2 Å². The molecule has 0 saturated carbocycles. The van der Waals surface area contributed by atoms with Gasteiger partial charge < -0.3 is 20.2 Å². The molecule has 0 aliphatic carbocycles. The minimum Gasteiger partial charge on any atom is -0.480 e. The average molecular weight is 563 g/mol. The fourth-order valence-corrected chi connectivity index (χ4v) is 5.94. The molecule has 0 radical (unpaired) electrons. The molecule has 39 heavy (non-hydrogen) atoms. The Balaban J connectivity index is 1.46. The van der Waals surface area contributed by atoms with Crippen molar-refractivity contribution in [2.75, 3.05) is 11.9 Å². The molecular weight excluding hydrogens is 528 g/mol. The summed E-state index contributed by atoms with van der Waals surface area (Å²) in [7, 11) is -4.17. The number of H-pyrrole nitrogens is 1. The number of aryl methyl sites for hydroxylation is 5. The Labute approximate surface area is 226 Å². The molecule has 0 spiro atoms. The van der Waals surface area contributed by atoms with Gasteiger partial charge in [0.25, 0.3) is 5.91 Å².